The van der Waals surface area contributed by atoms with Crippen LogP contribution in [-0.4, -0.2) is 29.0 Å². The molecule has 4 rings (SSSR count). The van der Waals surface area contributed by atoms with E-state index in [1.807, 2.05) is 25.1 Å². The molecule has 0 atom stereocenters. The third-order valence-electron chi connectivity index (χ3n) is 5.11. The first-order valence-corrected chi connectivity index (χ1v) is 9.27. The number of fused-ring (bicyclic) bond motifs is 1. The van der Waals surface area contributed by atoms with Gasteiger partial charge in [-0.05, 0) is 49.6 Å². The Morgan fingerprint density at radius 1 is 1.08 bits per heavy atom. The van der Waals surface area contributed by atoms with Gasteiger partial charge in [0.2, 0.25) is 0 Å². The van der Waals surface area contributed by atoms with Gasteiger partial charge in [-0.25, -0.2) is 4.39 Å². The number of halogens is 1. The molecule has 0 saturated carbocycles. The molecule has 4 heteroatoms. The third-order valence-corrected chi connectivity index (χ3v) is 5.11. The summed E-state index contributed by atoms with van der Waals surface area (Å²) in [6.45, 7) is 5.04. The lowest BCUT2D eigenvalue weighted by Gasteiger charge is -2.33. The Morgan fingerprint density at radius 3 is 2.58 bits per heavy atom. The number of anilines is 1. The molecule has 1 aliphatic heterocycles. The molecule has 26 heavy (non-hydrogen) atoms. The Bertz CT molecular complexity index is 884. The molecule has 0 bridgehead atoms. The summed E-state index contributed by atoms with van der Waals surface area (Å²) in [5.41, 5.74) is 4.45. The van der Waals surface area contributed by atoms with Crippen molar-refractivity contribution in [1.29, 1.82) is 0 Å². The maximum Gasteiger partial charge on any atom is 0.123 e. The molecule has 0 unspecified atom stereocenters. The molecule has 1 saturated heterocycles. The molecular formula is C22H24FN3. The minimum Gasteiger partial charge on any atom is -0.382 e. The number of hydrogen-bond acceptors (Lipinski definition) is 3. The third kappa shape index (κ3) is 3.86. The zero-order chi connectivity index (χ0) is 17.9. The molecule has 2 heterocycles. The number of aryl methyl sites for hydroxylation is 1. The fraction of sp³-hybridized carbons (Fsp3) is 0.318. The van der Waals surface area contributed by atoms with Crippen molar-refractivity contribution in [2.45, 2.75) is 32.4 Å². The average Bonchev–Trinajstić information content (AvgIpc) is 2.65. The van der Waals surface area contributed by atoms with Crippen LogP contribution in [-0.2, 0) is 6.54 Å². The van der Waals surface area contributed by atoms with E-state index in [1.165, 1.54) is 16.6 Å². The van der Waals surface area contributed by atoms with Gasteiger partial charge in [0.05, 0.1) is 5.52 Å². The highest BCUT2D eigenvalue weighted by molar-refractivity contribution is 5.91. The normalized spacial score (nSPS) is 16.1. The van der Waals surface area contributed by atoms with Crippen LogP contribution in [0.25, 0.3) is 10.9 Å². The van der Waals surface area contributed by atoms with Crippen LogP contribution in [0, 0.1) is 12.7 Å². The maximum absolute atomic E-state index is 13.0. The molecule has 2 aromatic carbocycles. The van der Waals surface area contributed by atoms with Gasteiger partial charge in [0.25, 0.3) is 0 Å². The summed E-state index contributed by atoms with van der Waals surface area (Å²) in [6.07, 6.45) is 2.22. The number of nitrogens with zero attached hydrogens (tertiary/aromatic N) is 2. The summed E-state index contributed by atoms with van der Waals surface area (Å²) in [7, 11) is 0. The van der Waals surface area contributed by atoms with E-state index in [2.05, 4.69) is 39.5 Å². The zero-order valence-electron chi connectivity index (χ0n) is 15.1. The summed E-state index contributed by atoms with van der Waals surface area (Å²) >= 11 is 0. The second-order valence-corrected chi connectivity index (χ2v) is 7.15. The number of piperidine rings is 1. The SMILES string of the molecule is Cc1cc(NC2CCN(Cc3ccc(F)cc3)CC2)c2ccccc2n1. The van der Waals surface area contributed by atoms with E-state index < -0.39 is 0 Å². The molecule has 0 aliphatic carbocycles. The van der Waals surface area contributed by atoms with Crippen molar-refractivity contribution in [3.05, 3.63) is 71.7 Å². The van der Waals surface area contributed by atoms with E-state index in [0.717, 1.165) is 43.7 Å². The van der Waals surface area contributed by atoms with Crippen molar-refractivity contribution >= 4 is 16.6 Å². The monoisotopic (exact) mass is 349 g/mol. The van der Waals surface area contributed by atoms with Gasteiger partial charge in [-0.3, -0.25) is 9.88 Å². The van der Waals surface area contributed by atoms with Crippen LogP contribution < -0.4 is 5.32 Å². The van der Waals surface area contributed by atoms with Crippen LogP contribution in [0.3, 0.4) is 0 Å². The molecule has 0 radical (unpaired) electrons. The number of aromatic nitrogens is 1. The number of benzene rings is 2. The molecule has 1 aromatic heterocycles. The first-order valence-electron chi connectivity index (χ1n) is 9.27. The van der Waals surface area contributed by atoms with Gasteiger partial charge in [0.15, 0.2) is 0 Å². The molecule has 1 fully saturated rings. The van der Waals surface area contributed by atoms with Gasteiger partial charge in [-0.1, -0.05) is 30.3 Å². The van der Waals surface area contributed by atoms with E-state index >= 15 is 0 Å². The molecule has 3 aromatic rings. The Morgan fingerprint density at radius 2 is 1.81 bits per heavy atom. The van der Waals surface area contributed by atoms with E-state index in [1.54, 1.807) is 12.1 Å². The predicted molar refractivity (Wildman–Crippen MR) is 105 cm³/mol. The zero-order valence-corrected chi connectivity index (χ0v) is 15.1. The van der Waals surface area contributed by atoms with Gasteiger partial charge in [-0.2, -0.15) is 0 Å². The standard InChI is InChI=1S/C22H24FN3/c1-16-14-22(20-4-2-3-5-21(20)24-16)25-19-10-12-26(13-11-19)15-17-6-8-18(23)9-7-17/h2-9,14,19H,10-13,15H2,1H3,(H,24,25). The molecule has 134 valence electrons. The molecule has 3 nitrogen and oxygen atoms in total. The number of likely N-dealkylation sites (tertiary alicyclic amines) is 1. The highest BCUT2D eigenvalue weighted by Gasteiger charge is 2.20. The lowest BCUT2D eigenvalue weighted by molar-refractivity contribution is 0.211. The minimum atomic E-state index is -0.170. The Hall–Kier alpha value is -2.46. The summed E-state index contributed by atoms with van der Waals surface area (Å²) < 4.78 is 13.0. The van der Waals surface area contributed by atoms with Crippen molar-refractivity contribution in [2.75, 3.05) is 18.4 Å². The fourth-order valence-electron chi connectivity index (χ4n) is 3.73. The van der Waals surface area contributed by atoms with Crippen LogP contribution in [0.5, 0.6) is 0 Å². The average molecular weight is 349 g/mol. The van der Waals surface area contributed by atoms with E-state index in [9.17, 15) is 4.39 Å². The van der Waals surface area contributed by atoms with E-state index in [0.29, 0.717) is 6.04 Å². The van der Waals surface area contributed by atoms with Crippen molar-refractivity contribution in [3.63, 3.8) is 0 Å². The van der Waals surface area contributed by atoms with Crippen molar-refractivity contribution in [3.8, 4) is 0 Å². The molecule has 0 spiro atoms. The van der Waals surface area contributed by atoms with Crippen molar-refractivity contribution in [1.82, 2.24) is 9.88 Å². The Balaban J connectivity index is 1.39. The molecule has 1 N–H and O–H groups in total. The van der Waals surface area contributed by atoms with Crippen LogP contribution in [0.4, 0.5) is 10.1 Å². The molecule has 1 aliphatic rings. The summed E-state index contributed by atoms with van der Waals surface area (Å²) in [6, 6.07) is 17.8. The molecule has 0 amide bonds. The Labute approximate surface area is 153 Å². The lowest BCUT2D eigenvalue weighted by Crippen LogP contribution is -2.38. The first kappa shape index (κ1) is 17.0. The Kier molecular flexibility index (Phi) is 4.85. The second-order valence-electron chi connectivity index (χ2n) is 7.15. The lowest BCUT2D eigenvalue weighted by atomic mass is 10.0. The van der Waals surface area contributed by atoms with Gasteiger partial charge < -0.3 is 5.32 Å². The predicted octanol–water partition coefficient (Wildman–Crippen LogP) is 4.76. The van der Waals surface area contributed by atoms with Gasteiger partial charge in [0.1, 0.15) is 5.82 Å². The topological polar surface area (TPSA) is 28.2 Å². The number of nitrogens with one attached hydrogen (secondary N) is 1. The van der Waals surface area contributed by atoms with Crippen LogP contribution >= 0.6 is 0 Å². The second kappa shape index (κ2) is 7.42. The van der Waals surface area contributed by atoms with Gasteiger partial charge in [0, 0.05) is 42.4 Å². The number of hydrogen-bond donors (Lipinski definition) is 1. The summed E-state index contributed by atoms with van der Waals surface area (Å²) in [5, 5.41) is 4.93. The largest absolute Gasteiger partial charge is 0.382 e. The van der Waals surface area contributed by atoms with E-state index in [4.69, 9.17) is 0 Å². The number of pyridine rings is 1. The smallest absolute Gasteiger partial charge is 0.123 e. The quantitative estimate of drug-likeness (QED) is 0.736. The van der Waals surface area contributed by atoms with E-state index in [-0.39, 0.29) is 5.82 Å². The van der Waals surface area contributed by atoms with Crippen LogP contribution in [0.15, 0.2) is 54.6 Å². The van der Waals surface area contributed by atoms with Crippen molar-refractivity contribution < 1.29 is 4.39 Å². The van der Waals surface area contributed by atoms with Gasteiger partial charge >= 0.3 is 0 Å². The summed E-state index contributed by atoms with van der Waals surface area (Å²) in [5.74, 6) is -0.170. The summed E-state index contributed by atoms with van der Waals surface area (Å²) in [4.78, 5) is 7.07. The van der Waals surface area contributed by atoms with Crippen LogP contribution in [0.2, 0.25) is 0 Å². The molecular weight excluding hydrogens is 325 g/mol. The fourth-order valence-corrected chi connectivity index (χ4v) is 3.73. The first-order chi connectivity index (χ1) is 12.7. The number of para-hydroxylation sites is 1. The number of rotatable bonds is 4. The van der Waals surface area contributed by atoms with Gasteiger partial charge in [-0.15, -0.1) is 0 Å². The van der Waals surface area contributed by atoms with Crippen molar-refractivity contribution in [2.24, 2.45) is 0 Å². The highest BCUT2D eigenvalue weighted by atomic mass is 19.1. The highest BCUT2D eigenvalue weighted by Crippen LogP contribution is 2.26. The van der Waals surface area contributed by atoms with Crippen LogP contribution in [0.1, 0.15) is 24.1 Å². The minimum absolute atomic E-state index is 0.170. The maximum atomic E-state index is 13.0.